The minimum absolute atomic E-state index is 0.173. The fourth-order valence-corrected chi connectivity index (χ4v) is 6.66. The fourth-order valence-electron chi connectivity index (χ4n) is 6.66. The van der Waals surface area contributed by atoms with Crippen LogP contribution in [-0.4, -0.2) is 40.1 Å². The Morgan fingerprint density at radius 2 is 1.91 bits per heavy atom. The molecule has 3 amide bonds. The number of aryl methyl sites for hydroxylation is 2. The number of imide groups is 1. The van der Waals surface area contributed by atoms with Crippen LogP contribution in [0, 0.1) is 35.8 Å². The molecule has 9 nitrogen and oxygen atoms in total. The van der Waals surface area contributed by atoms with E-state index >= 15 is 0 Å². The molecule has 168 valence electrons. The number of non-ortho nitro benzene ring substituents is 1. The van der Waals surface area contributed by atoms with Crippen molar-refractivity contribution in [3.63, 3.8) is 0 Å². The van der Waals surface area contributed by atoms with Gasteiger partial charge in [-0.15, -0.1) is 0 Å². The van der Waals surface area contributed by atoms with Crippen LogP contribution < -0.4 is 10.2 Å². The van der Waals surface area contributed by atoms with Gasteiger partial charge < -0.3 is 5.32 Å². The summed E-state index contributed by atoms with van der Waals surface area (Å²) >= 11 is 0. The van der Waals surface area contributed by atoms with E-state index in [1.807, 2.05) is 26.0 Å². The molecule has 3 fully saturated rings. The summed E-state index contributed by atoms with van der Waals surface area (Å²) in [4.78, 5) is 55.2. The summed E-state index contributed by atoms with van der Waals surface area (Å²) in [6.45, 7) is 4.51. The van der Waals surface area contributed by atoms with E-state index < -0.39 is 28.2 Å². The quantitative estimate of drug-likeness (QED) is 0.431. The van der Waals surface area contributed by atoms with E-state index in [-0.39, 0.29) is 29.2 Å². The maximum absolute atomic E-state index is 13.9. The zero-order chi connectivity index (χ0) is 23.2. The Balaban J connectivity index is 1.55. The number of hydrogen-bond donors (Lipinski definition) is 1. The fraction of sp³-hybridized carbons (Fsp3) is 0.375. The highest BCUT2D eigenvalue weighted by atomic mass is 16.6. The second-order valence-corrected chi connectivity index (χ2v) is 9.42. The van der Waals surface area contributed by atoms with Crippen molar-refractivity contribution < 1.29 is 19.3 Å². The van der Waals surface area contributed by atoms with E-state index in [0.29, 0.717) is 12.2 Å². The molecule has 2 aromatic rings. The van der Waals surface area contributed by atoms with Crippen LogP contribution in [0.25, 0.3) is 0 Å². The summed E-state index contributed by atoms with van der Waals surface area (Å²) < 4.78 is 0. The number of nitrogens with one attached hydrogen (secondary N) is 1. The number of rotatable bonds is 2. The Morgan fingerprint density at radius 3 is 2.67 bits per heavy atom. The molecule has 9 heteroatoms. The summed E-state index contributed by atoms with van der Waals surface area (Å²) in [7, 11) is 0. The lowest BCUT2D eigenvalue weighted by Crippen LogP contribution is -2.54. The molecule has 0 bridgehead atoms. The maximum atomic E-state index is 13.9. The molecule has 1 spiro atoms. The predicted octanol–water partition coefficient (Wildman–Crippen LogP) is 2.64. The molecule has 0 aromatic heterocycles. The third-order valence-corrected chi connectivity index (χ3v) is 7.74. The average molecular weight is 446 g/mol. The van der Waals surface area contributed by atoms with Gasteiger partial charge in [0.2, 0.25) is 17.7 Å². The van der Waals surface area contributed by atoms with Gasteiger partial charge in [0.25, 0.3) is 5.69 Å². The molecule has 3 saturated heterocycles. The van der Waals surface area contributed by atoms with Crippen molar-refractivity contribution in [2.75, 3.05) is 16.8 Å². The molecule has 33 heavy (non-hydrogen) atoms. The van der Waals surface area contributed by atoms with Crippen molar-refractivity contribution in [3.8, 4) is 0 Å². The Labute approximate surface area is 189 Å². The van der Waals surface area contributed by atoms with Crippen molar-refractivity contribution >= 4 is 34.8 Å². The molecular weight excluding hydrogens is 424 g/mol. The first-order valence-corrected chi connectivity index (χ1v) is 11.1. The van der Waals surface area contributed by atoms with Crippen LogP contribution >= 0.6 is 0 Å². The normalized spacial score (nSPS) is 30.1. The Kier molecular flexibility index (Phi) is 3.93. The zero-order valence-electron chi connectivity index (χ0n) is 18.2. The molecular formula is C24H22N4O5. The number of carbonyl (C=O) groups is 3. The summed E-state index contributed by atoms with van der Waals surface area (Å²) in [6.07, 6.45) is 1.56. The molecule has 4 aliphatic rings. The lowest BCUT2D eigenvalue weighted by Gasteiger charge is -2.36. The van der Waals surface area contributed by atoms with Gasteiger partial charge in [-0.05, 0) is 44.9 Å². The molecule has 0 radical (unpaired) electrons. The number of hydrogen-bond acceptors (Lipinski definition) is 6. The number of nitro groups is 1. The van der Waals surface area contributed by atoms with Gasteiger partial charge in [0.1, 0.15) is 5.54 Å². The first-order valence-electron chi connectivity index (χ1n) is 11.1. The van der Waals surface area contributed by atoms with Crippen LogP contribution in [0.15, 0.2) is 36.4 Å². The van der Waals surface area contributed by atoms with E-state index in [0.717, 1.165) is 34.4 Å². The third kappa shape index (κ3) is 2.32. The van der Waals surface area contributed by atoms with Crippen molar-refractivity contribution in [3.05, 3.63) is 63.2 Å². The average Bonchev–Trinajstić information content (AvgIpc) is 3.47. The number of anilines is 2. The number of fused-ring (bicyclic) bond motifs is 7. The highest BCUT2D eigenvalue weighted by Gasteiger charge is 2.74. The standard InChI is InChI=1S/C24H22N4O5/c1-12-9-13(2)20-16(10-12)24(23(31)25-20)19-18(17-7-4-8-26(17)24)21(29)27(22(19)30)14-5-3-6-15(11-14)28(32)33/h3,5-6,9-11,17-19H,4,7-8H2,1-2H3,(H,25,31)/t17-,18-,19-,24-/m1/s1. The lowest BCUT2D eigenvalue weighted by atomic mass is 9.75. The van der Waals surface area contributed by atoms with E-state index in [2.05, 4.69) is 10.2 Å². The molecule has 4 aliphatic heterocycles. The Bertz CT molecular complexity index is 1290. The molecule has 2 aromatic carbocycles. The Hall–Kier alpha value is -3.59. The van der Waals surface area contributed by atoms with Crippen LogP contribution in [0.3, 0.4) is 0 Å². The highest BCUT2D eigenvalue weighted by Crippen LogP contribution is 2.61. The van der Waals surface area contributed by atoms with Crippen LogP contribution in [0.1, 0.15) is 29.5 Å². The number of carbonyl (C=O) groups excluding carboxylic acids is 3. The zero-order valence-corrected chi connectivity index (χ0v) is 18.2. The van der Waals surface area contributed by atoms with Gasteiger partial charge in [-0.1, -0.05) is 23.8 Å². The maximum Gasteiger partial charge on any atom is 0.271 e. The predicted molar refractivity (Wildman–Crippen MR) is 119 cm³/mol. The molecule has 1 N–H and O–H groups in total. The van der Waals surface area contributed by atoms with Crippen molar-refractivity contribution in [2.45, 2.75) is 38.3 Å². The molecule has 0 saturated carbocycles. The van der Waals surface area contributed by atoms with E-state index in [9.17, 15) is 24.5 Å². The second-order valence-electron chi connectivity index (χ2n) is 9.42. The summed E-state index contributed by atoms with van der Waals surface area (Å²) in [5.74, 6) is -2.67. The Morgan fingerprint density at radius 1 is 1.12 bits per heavy atom. The van der Waals surface area contributed by atoms with E-state index in [1.54, 1.807) is 0 Å². The highest BCUT2D eigenvalue weighted by molar-refractivity contribution is 6.26. The lowest BCUT2D eigenvalue weighted by molar-refractivity contribution is -0.384. The summed E-state index contributed by atoms with van der Waals surface area (Å²) in [6, 6.07) is 9.26. The molecule has 4 atom stereocenters. The second kappa shape index (κ2) is 6.48. The third-order valence-electron chi connectivity index (χ3n) is 7.74. The van der Waals surface area contributed by atoms with E-state index in [1.165, 1.54) is 24.3 Å². The van der Waals surface area contributed by atoms with Gasteiger partial charge in [0, 0.05) is 29.4 Å². The van der Waals surface area contributed by atoms with Crippen molar-refractivity contribution in [2.24, 2.45) is 11.8 Å². The number of nitrogens with zero attached hydrogens (tertiary/aromatic N) is 3. The van der Waals surface area contributed by atoms with Crippen LogP contribution in [0.4, 0.5) is 17.1 Å². The molecule has 0 unspecified atom stereocenters. The smallest absolute Gasteiger partial charge is 0.271 e. The van der Waals surface area contributed by atoms with Gasteiger partial charge in [-0.3, -0.25) is 29.4 Å². The van der Waals surface area contributed by atoms with Gasteiger partial charge in [-0.25, -0.2) is 4.90 Å². The van der Waals surface area contributed by atoms with Crippen molar-refractivity contribution in [1.82, 2.24) is 4.90 Å². The topological polar surface area (TPSA) is 113 Å². The monoisotopic (exact) mass is 446 g/mol. The van der Waals surface area contributed by atoms with Crippen molar-refractivity contribution in [1.29, 1.82) is 0 Å². The molecule has 4 heterocycles. The largest absolute Gasteiger partial charge is 0.324 e. The van der Waals surface area contributed by atoms with Crippen LogP contribution in [0.5, 0.6) is 0 Å². The van der Waals surface area contributed by atoms with Gasteiger partial charge in [-0.2, -0.15) is 0 Å². The van der Waals surface area contributed by atoms with Crippen LogP contribution in [-0.2, 0) is 19.9 Å². The van der Waals surface area contributed by atoms with Crippen LogP contribution in [0.2, 0.25) is 0 Å². The SMILES string of the molecule is Cc1cc(C)c2c(c1)[C@]1(C(=O)N2)[C@H]2C(=O)N(c3cccc([N+](=O)[O-])c3)C(=O)[C@@H]2[C@H]2CCCN21. The van der Waals surface area contributed by atoms with Gasteiger partial charge in [0.15, 0.2) is 0 Å². The first-order chi connectivity index (χ1) is 15.8. The number of nitro benzene ring substituents is 1. The number of benzene rings is 2. The number of amides is 3. The minimum Gasteiger partial charge on any atom is -0.324 e. The molecule has 0 aliphatic carbocycles. The van der Waals surface area contributed by atoms with Gasteiger partial charge >= 0.3 is 0 Å². The van der Waals surface area contributed by atoms with Gasteiger partial charge in [0.05, 0.1) is 22.4 Å². The van der Waals surface area contributed by atoms with E-state index in [4.69, 9.17) is 0 Å². The molecule has 6 rings (SSSR count). The minimum atomic E-state index is -1.25. The summed E-state index contributed by atoms with van der Waals surface area (Å²) in [5, 5.41) is 14.3. The first kappa shape index (κ1) is 20.0. The summed E-state index contributed by atoms with van der Waals surface area (Å²) in [5.41, 5.74) is 2.10.